The van der Waals surface area contributed by atoms with E-state index in [-0.39, 0.29) is 0 Å². The van der Waals surface area contributed by atoms with Crippen molar-refractivity contribution in [2.75, 3.05) is 7.11 Å². The van der Waals surface area contributed by atoms with Crippen molar-refractivity contribution in [3.05, 3.63) is 29.5 Å². The van der Waals surface area contributed by atoms with E-state index in [9.17, 15) is 0 Å². The van der Waals surface area contributed by atoms with E-state index < -0.39 is 0 Å². The van der Waals surface area contributed by atoms with Crippen LogP contribution in [0.5, 0.6) is 5.75 Å². The topological polar surface area (TPSA) is 25.0 Å². The van der Waals surface area contributed by atoms with Crippen molar-refractivity contribution in [1.29, 1.82) is 0 Å². The summed E-state index contributed by atoms with van der Waals surface area (Å²) in [6.45, 7) is 0. The minimum Gasteiger partial charge on any atom is -0.497 e. The molecule has 2 aromatic rings. The van der Waals surface area contributed by atoms with Crippen LogP contribution in [-0.4, -0.2) is 12.1 Å². The Labute approximate surface area is 95.6 Å². The first-order chi connectivity index (χ1) is 7.88. The fourth-order valence-electron chi connectivity index (χ4n) is 2.70. The van der Waals surface area contributed by atoms with E-state index in [0.717, 1.165) is 5.75 Å². The van der Waals surface area contributed by atoms with E-state index in [1.165, 1.54) is 54.3 Å². The monoisotopic (exact) mass is 215 g/mol. The Morgan fingerprint density at radius 1 is 1.12 bits per heavy atom. The Bertz CT molecular complexity index is 513. The minimum absolute atomic E-state index is 0.934. The van der Waals surface area contributed by atoms with Crippen molar-refractivity contribution in [3.63, 3.8) is 0 Å². The van der Waals surface area contributed by atoms with Crippen molar-refractivity contribution in [3.8, 4) is 5.75 Å². The molecule has 0 atom stereocenters. The first-order valence-electron chi connectivity index (χ1n) is 6.06. The molecule has 0 bridgehead atoms. The summed E-state index contributed by atoms with van der Waals surface area (Å²) in [5, 5.41) is 1.39. The minimum atomic E-state index is 0.934. The summed E-state index contributed by atoms with van der Waals surface area (Å²) in [6, 6.07) is 6.35. The lowest BCUT2D eigenvalue weighted by molar-refractivity contribution is 0.415. The summed E-state index contributed by atoms with van der Waals surface area (Å²) in [7, 11) is 1.72. The lowest BCUT2D eigenvalue weighted by Crippen LogP contribution is -1.86. The zero-order valence-corrected chi connectivity index (χ0v) is 9.68. The predicted molar refractivity (Wildman–Crippen MR) is 66.1 cm³/mol. The Morgan fingerprint density at radius 2 is 2.00 bits per heavy atom. The van der Waals surface area contributed by atoms with Crippen molar-refractivity contribution in [2.24, 2.45) is 0 Å². The number of H-pyrrole nitrogens is 1. The second-order valence-corrected chi connectivity index (χ2v) is 4.55. The van der Waals surface area contributed by atoms with Gasteiger partial charge < -0.3 is 9.72 Å². The van der Waals surface area contributed by atoms with Gasteiger partial charge in [0, 0.05) is 22.7 Å². The van der Waals surface area contributed by atoms with Crippen LogP contribution in [0.1, 0.15) is 30.5 Å². The molecule has 1 aromatic carbocycles. The Morgan fingerprint density at radius 3 is 2.88 bits per heavy atom. The number of aromatic amines is 1. The molecule has 3 rings (SSSR count). The van der Waals surface area contributed by atoms with Crippen molar-refractivity contribution in [1.82, 2.24) is 4.98 Å². The summed E-state index contributed by atoms with van der Waals surface area (Å²) < 4.78 is 5.26. The largest absolute Gasteiger partial charge is 0.497 e. The van der Waals surface area contributed by atoms with Crippen molar-refractivity contribution in [2.45, 2.75) is 32.1 Å². The highest BCUT2D eigenvalue weighted by Crippen LogP contribution is 2.30. The Hall–Kier alpha value is -1.44. The van der Waals surface area contributed by atoms with Crippen LogP contribution in [-0.2, 0) is 12.8 Å². The first-order valence-corrected chi connectivity index (χ1v) is 6.06. The lowest BCUT2D eigenvalue weighted by atomic mass is 10.1. The molecule has 0 amide bonds. The standard InChI is InChI=1S/C14H17NO/c1-16-10-7-8-12-11-5-3-2-4-6-13(11)15-14(12)9-10/h7-9,15H,2-6H2,1H3. The maximum absolute atomic E-state index is 5.26. The number of aromatic nitrogens is 1. The maximum atomic E-state index is 5.26. The molecule has 0 aliphatic heterocycles. The molecule has 16 heavy (non-hydrogen) atoms. The molecule has 2 heteroatoms. The molecule has 0 saturated carbocycles. The molecule has 2 nitrogen and oxygen atoms in total. The third-order valence-corrected chi connectivity index (χ3v) is 3.56. The van der Waals surface area contributed by atoms with Gasteiger partial charge in [-0.15, -0.1) is 0 Å². The van der Waals surface area contributed by atoms with Crippen molar-refractivity contribution >= 4 is 10.9 Å². The molecule has 1 heterocycles. The highest BCUT2D eigenvalue weighted by Gasteiger charge is 2.14. The smallest absolute Gasteiger partial charge is 0.120 e. The second-order valence-electron chi connectivity index (χ2n) is 4.55. The SMILES string of the molecule is COc1ccc2c3c([nH]c2c1)CCCCC3. The molecule has 0 saturated heterocycles. The number of hydrogen-bond acceptors (Lipinski definition) is 1. The van der Waals surface area contributed by atoms with Gasteiger partial charge in [-0.2, -0.15) is 0 Å². The zero-order valence-electron chi connectivity index (χ0n) is 9.68. The van der Waals surface area contributed by atoms with E-state index >= 15 is 0 Å². The van der Waals surface area contributed by atoms with Gasteiger partial charge in [-0.05, 0) is 43.4 Å². The highest BCUT2D eigenvalue weighted by atomic mass is 16.5. The van der Waals surface area contributed by atoms with Crippen LogP contribution in [0.25, 0.3) is 10.9 Å². The normalized spacial score (nSPS) is 15.8. The molecule has 84 valence electrons. The zero-order chi connectivity index (χ0) is 11.0. The summed E-state index contributed by atoms with van der Waals surface area (Å²) in [5.41, 5.74) is 4.21. The number of fused-ring (bicyclic) bond motifs is 3. The van der Waals surface area contributed by atoms with E-state index in [4.69, 9.17) is 4.74 Å². The van der Waals surface area contributed by atoms with Gasteiger partial charge in [0.05, 0.1) is 7.11 Å². The van der Waals surface area contributed by atoms with E-state index in [0.29, 0.717) is 0 Å². The van der Waals surface area contributed by atoms with Crippen LogP contribution in [0.2, 0.25) is 0 Å². The summed E-state index contributed by atoms with van der Waals surface area (Å²) in [6.07, 6.45) is 6.43. The number of nitrogens with one attached hydrogen (secondary N) is 1. The van der Waals surface area contributed by atoms with Gasteiger partial charge >= 0.3 is 0 Å². The average Bonchev–Trinajstić information content (AvgIpc) is 2.50. The van der Waals surface area contributed by atoms with Gasteiger partial charge in [0.25, 0.3) is 0 Å². The third-order valence-electron chi connectivity index (χ3n) is 3.56. The van der Waals surface area contributed by atoms with Gasteiger partial charge in [0.2, 0.25) is 0 Å². The number of methoxy groups -OCH3 is 1. The van der Waals surface area contributed by atoms with Gasteiger partial charge in [-0.1, -0.05) is 6.42 Å². The number of benzene rings is 1. The molecule has 1 aliphatic carbocycles. The summed E-state index contributed by atoms with van der Waals surface area (Å²) >= 11 is 0. The summed E-state index contributed by atoms with van der Waals surface area (Å²) in [4.78, 5) is 3.55. The van der Waals surface area contributed by atoms with E-state index in [2.05, 4.69) is 23.2 Å². The Kier molecular flexibility index (Phi) is 2.35. The number of hydrogen-bond donors (Lipinski definition) is 1. The molecular formula is C14H17NO. The van der Waals surface area contributed by atoms with Gasteiger partial charge in [0.1, 0.15) is 5.75 Å². The van der Waals surface area contributed by atoms with Crippen LogP contribution in [0.15, 0.2) is 18.2 Å². The van der Waals surface area contributed by atoms with Crippen LogP contribution in [0.4, 0.5) is 0 Å². The molecule has 1 N–H and O–H groups in total. The highest BCUT2D eigenvalue weighted by molar-refractivity contribution is 5.86. The van der Waals surface area contributed by atoms with Crippen molar-refractivity contribution < 1.29 is 4.74 Å². The predicted octanol–water partition coefficient (Wildman–Crippen LogP) is 3.45. The Balaban J connectivity index is 2.17. The van der Waals surface area contributed by atoms with E-state index in [1.807, 2.05) is 0 Å². The van der Waals surface area contributed by atoms with Crippen LogP contribution >= 0.6 is 0 Å². The fraction of sp³-hybridized carbons (Fsp3) is 0.429. The average molecular weight is 215 g/mol. The molecule has 0 unspecified atom stereocenters. The number of rotatable bonds is 1. The van der Waals surface area contributed by atoms with Gasteiger partial charge in [-0.3, -0.25) is 0 Å². The molecule has 0 radical (unpaired) electrons. The number of ether oxygens (including phenoxy) is 1. The molecular weight excluding hydrogens is 198 g/mol. The molecule has 0 spiro atoms. The van der Waals surface area contributed by atoms with Gasteiger partial charge in [-0.25, -0.2) is 0 Å². The second kappa shape index (κ2) is 3.85. The number of aryl methyl sites for hydroxylation is 2. The molecule has 0 fully saturated rings. The third kappa shape index (κ3) is 1.49. The van der Waals surface area contributed by atoms with Gasteiger partial charge in [0.15, 0.2) is 0 Å². The quantitative estimate of drug-likeness (QED) is 0.724. The lowest BCUT2D eigenvalue weighted by Gasteiger charge is -2.00. The first kappa shape index (κ1) is 9.76. The van der Waals surface area contributed by atoms with Crippen LogP contribution in [0.3, 0.4) is 0 Å². The van der Waals surface area contributed by atoms with Crippen LogP contribution in [0, 0.1) is 0 Å². The molecule has 1 aliphatic rings. The summed E-state index contributed by atoms with van der Waals surface area (Å²) in [5.74, 6) is 0.934. The fourth-order valence-corrected chi connectivity index (χ4v) is 2.70. The van der Waals surface area contributed by atoms with E-state index in [1.54, 1.807) is 7.11 Å². The maximum Gasteiger partial charge on any atom is 0.120 e. The molecule has 1 aromatic heterocycles. The van der Waals surface area contributed by atoms with Crippen LogP contribution < -0.4 is 4.74 Å².